The highest BCUT2D eigenvalue weighted by Gasteiger charge is 2.14. The Labute approximate surface area is 95.9 Å². The Morgan fingerprint density at radius 3 is 2.71 bits per heavy atom. The SMILES string of the molecule is Cn1cnnc1[CH]c1ccc(F)c(C(F)F)c1. The Hall–Kier alpha value is -1.85. The molecular formula is C11H9F3N3. The van der Waals surface area contributed by atoms with Gasteiger partial charge in [-0.15, -0.1) is 10.2 Å². The summed E-state index contributed by atoms with van der Waals surface area (Å²) in [6.07, 6.45) is 0.213. The zero-order chi connectivity index (χ0) is 12.4. The van der Waals surface area contributed by atoms with Crippen molar-refractivity contribution < 1.29 is 13.2 Å². The van der Waals surface area contributed by atoms with Crippen molar-refractivity contribution in [2.24, 2.45) is 7.05 Å². The molecule has 1 radical (unpaired) electrons. The van der Waals surface area contributed by atoms with Gasteiger partial charge in [-0.2, -0.15) is 0 Å². The molecule has 0 aliphatic carbocycles. The quantitative estimate of drug-likeness (QED) is 0.825. The number of halogens is 3. The average Bonchev–Trinajstić information content (AvgIpc) is 2.67. The third-order valence-corrected chi connectivity index (χ3v) is 2.30. The summed E-state index contributed by atoms with van der Waals surface area (Å²) in [4.78, 5) is 0. The molecule has 1 aromatic carbocycles. The van der Waals surface area contributed by atoms with Crippen molar-refractivity contribution in [2.45, 2.75) is 6.43 Å². The van der Waals surface area contributed by atoms with Gasteiger partial charge < -0.3 is 4.57 Å². The van der Waals surface area contributed by atoms with Gasteiger partial charge in [-0.25, -0.2) is 13.2 Å². The highest BCUT2D eigenvalue weighted by Crippen LogP contribution is 2.24. The molecule has 1 heterocycles. The van der Waals surface area contributed by atoms with E-state index in [-0.39, 0.29) is 0 Å². The lowest BCUT2D eigenvalue weighted by molar-refractivity contribution is 0.146. The maximum absolute atomic E-state index is 13.1. The number of hydrogen-bond acceptors (Lipinski definition) is 2. The van der Waals surface area contributed by atoms with Gasteiger partial charge in [0.15, 0.2) is 0 Å². The minimum Gasteiger partial charge on any atom is -0.320 e. The van der Waals surface area contributed by atoms with Gasteiger partial charge in [0, 0.05) is 7.05 Å². The fraction of sp³-hybridized carbons (Fsp3) is 0.182. The molecule has 0 N–H and O–H groups in total. The molecule has 1 aromatic heterocycles. The van der Waals surface area contributed by atoms with Gasteiger partial charge in [0.2, 0.25) is 0 Å². The van der Waals surface area contributed by atoms with Crippen LogP contribution in [0.1, 0.15) is 23.4 Å². The van der Waals surface area contributed by atoms with Gasteiger partial charge >= 0.3 is 0 Å². The molecule has 6 heteroatoms. The Balaban J connectivity index is 2.28. The molecule has 0 atom stereocenters. The van der Waals surface area contributed by atoms with E-state index >= 15 is 0 Å². The van der Waals surface area contributed by atoms with Crippen LogP contribution in [-0.2, 0) is 7.05 Å². The minimum atomic E-state index is -2.83. The molecule has 2 rings (SSSR count). The van der Waals surface area contributed by atoms with E-state index in [2.05, 4.69) is 10.2 Å². The van der Waals surface area contributed by atoms with Crippen molar-refractivity contribution in [3.05, 3.63) is 53.7 Å². The highest BCUT2D eigenvalue weighted by atomic mass is 19.3. The lowest BCUT2D eigenvalue weighted by Gasteiger charge is -2.05. The molecule has 0 aliphatic heterocycles. The zero-order valence-electron chi connectivity index (χ0n) is 8.94. The second kappa shape index (κ2) is 4.57. The van der Waals surface area contributed by atoms with E-state index in [0.29, 0.717) is 11.4 Å². The number of aromatic nitrogens is 3. The predicted molar refractivity (Wildman–Crippen MR) is 54.9 cm³/mol. The molecule has 0 saturated heterocycles. The number of benzene rings is 1. The zero-order valence-corrected chi connectivity index (χ0v) is 8.94. The first-order chi connectivity index (χ1) is 8.08. The van der Waals surface area contributed by atoms with Crippen LogP contribution in [0.5, 0.6) is 0 Å². The van der Waals surface area contributed by atoms with Crippen molar-refractivity contribution in [1.82, 2.24) is 14.8 Å². The highest BCUT2D eigenvalue weighted by molar-refractivity contribution is 5.34. The fourth-order valence-corrected chi connectivity index (χ4v) is 1.39. The van der Waals surface area contributed by atoms with Gasteiger partial charge in [-0.05, 0) is 17.7 Å². The lowest BCUT2D eigenvalue weighted by atomic mass is 10.1. The largest absolute Gasteiger partial charge is 0.320 e. The van der Waals surface area contributed by atoms with Crippen LogP contribution in [-0.4, -0.2) is 14.8 Å². The van der Waals surface area contributed by atoms with E-state index in [1.807, 2.05) is 0 Å². The van der Waals surface area contributed by atoms with Crippen LogP contribution in [0.3, 0.4) is 0 Å². The van der Waals surface area contributed by atoms with E-state index in [1.54, 1.807) is 18.0 Å². The Bertz CT molecular complexity index is 522. The van der Waals surface area contributed by atoms with E-state index in [0.717, 1.165) is 12.1 Å². The summed E-state index contributed by atoms with van der Waals surface area (Å²) in [7, 11) is 1.73. The predicted octanol–water partition coefficient (Wildman–Crippen LogP) is 2.49. The monoisotopic (exact) mass is 240 g/mol. The standard InChI is InChI=1S/C11H9F3N3/c1-17-6-15-16-10(17)5-7-2-3-9(12)8(4-7)11(13)14/h2-6,11H,1H3. The number of hydrogen-bond donors (Lipinski definition) is 0. The van der Waals surface area contributed by atoms with Crippen LogP contribution in [0, 0.1) is 12.2 Å². The number of rotatable bonds is 3. The smallest absolute Gasteiger partial charge is 0.266 e. The summed E-state index contributed by atoms with van der Waals surface area (Å²) in [6, 6.07) is 3.54. The van der Waals surface area contributed by atoms with Crippen LogP contribution in [0.2, 0.25) is 0 Å². The van der Waals surface area contributed by atoms with Gasteiger partial charge in [-0.1, -0.05) is 6.07 Å². The van der Waals surface area contributed by atoms with Crippen molar-refractivity contribution in [1.29, 1.82) is 0 Å². The topological polar surface area (TPSA) is 30.7 Å². The van der Waals surface area contributed by atoms with Crippen LogP contribution in [0.15, 0.2) is 24.5 Å². The van der Waals surface area contributed by atoms with E-state index in [1.165, 1.54) is 12.4 Å². The summed E-state index contributed by atoms with van der Waals surface area (Å²) < 4.78 is 39.6. The molecular weight excluding hydrogens is 231 g/mol. The second-order valence-corrected chi connectivity index (χ2v) is 3.53. The number of alkyl halides is 2. The van der Waals surface area contributed by atoms with E-state index in [4.69, 9.17) is 0 Å². The van der Waals surface area contributed by atoms with Crippen LogP contribution in [0.25, 0.3) is 0 Å². The first-order valence-electron chi connectivity index (χ1n) is 4.84. The summed E-state index contributed by atoms with van der Waals surface area (Å²) in [6.45, 7) is 0. The van der Waals surface area contributed by atoms with Gasteiger partial charge in [0.05, 0.1) is 12.0 Å². The van der Waals surface area contributed by atoms with E-state index in [9.17, 15) is 13.2 Å². The summed E-state index contributed by atoms with van der Waals surface area (Å²) in [5.41, 5.74) is -0.154. The molecule has 17 heavy (non-hydrogen) atoms. The third kappa shape index (κ3) is 2.46. The van der Waals surface area contributed by atoms with Crippen LogP contribution < -0.4 is 0 Å². The van der Waals surface area contributed by atoms with Crippen molar-refractivity contribution >= 4 is 0 Å². The molecule has 2 aromatic rings. The van der Waals surface area contributed by atoms with Crippen molar-refractivity contribution in [3.8, 4) is 0 Å². The molecule has 0 saturated carbocycles. The van der Waals surface area contributed by atoms with Crippen molar-refractivity contribution in [2.75, 3.05) is 0 Å². The maximum atomic E-state index is 13.1. The minimum absolute atomic E-state index is 0.456. The Morgan fingerprint density at radius 1 is 1.35 bits per heavy atom. The molecule has 89 valence electrons. The second-order valence-electron chi connectivity index (χ2n) is 3.53. The molecule has 3 nitrogen and oxygen atoms in total. The third-order valence-electron chi connectivity index (χ3n) is 2.30. The number of nitrogens with zero attached hydrogens (tertiary/aromatic N) is 3. The summed E-state index contributed by atoms with van der Waals surface area (Å²) in [5, 5.41) is 7.44. The molecule has 0 unspecified atom stereocenters. The fourth-order valence-electron chi connectivity index (χ4n) is 1.39. The first kappa shape index (κ1) is 11.6. The van der Waals surface area contributed by atoms with E-state index < -0.39 is 17.8 Å². The summed E-state index contributed by atoms with van der Waals surface area (Å²) in [5.74, 6) is -0.396. The maximum Gasteiger partial charge on any atom is 0.266 e. The van der Waals surface area contributed by atoms with Crippen LogP contribution in [0.4, 0.5) is 13.2 Å². The van der Waals surface area contributed by atoms with Gasteiger partial charge in [-0.3, -0.25) is 0 Å². The molecule has 0 bridgehead atoms. The molecule has 0 amide bonds. The number of aryl methyl sites for hydroxylation is 1. The first-order valence-corrected chi connectivity index (χ1v) is 4.84. The van der Waals surface area contributed by atoms with Gasteiger partial charge in [0.25, 0.3) is 6.43 Å². The molecule has 0 spiro atoms. The molecule has 0 aliphatic rings. The van der Waals surface area contributed by atoms with Crippen LogP contribution >= 0.6 is 0 Å². The Kier molecular flexibility index (Phi) is 3.12. The lowest BCUT2D eigenvalue weighted by Crippen LogP contribution is -1.98. The summed E-state index contributed by atoms with van der Waals surface area (Å²) >= 11 is 0. The Morgan fingerprint density at radius 2 is 2.12 bits per heavy atom. The molecule has 0 fully saturated rings. The normalized spacial score (nSPS) is 11.1. The van der Waals surface area contributed by atoms with Crippen molar-refractivity contribution in [3.63, 3.8) is 0 Å². The average molecular weight is 240 g/mol. The van der Waals surface area contributed by atoms with Gasteiger partial charge in [0.1, 0.15) is 18.0 Å².